The van der Waals surface area contributed by atoms with E-state index in [0.29, 0.717) is 18.9 Å². The number of aromatic nitrogens is 3. The van der Waals surface area contributed by atoms with Crippen molar-refractivity contribution in [3.05, 3.63) is 46.8 Å². The van der Waals surface area contributed by atoms with Gasteiger partial charge in [-0.1, -0.05) is 24.3 Å². The zero-order chi connectivity index (χ0) is 15.7. The van der Waals surface area contributed by atoms with Gasteiger partial charge in [-0.25, -0.2) is 4.98 Å². The first-order valence-corrected chi connectivity index (χ1v) is 7.33. The SMILES string of the molecule is CNC(=O)[C@@H]1Cc2ccccc2CN1c1nnc(C)c(C)n1. The molecule has 1 atom stereocenters. The Balaban J connectivity index is 2.02. The third-order valence-electron chi connectivity index (χ3n) is 4.14. The molecular weight excluding hydrogens is 278 g/mol. The third kappa shape index (κ3) is 2.52. The highest BCUT2D eigenvalue weighted by molar-refractivity contribution is 5.85. The fraction of sp³-hybridized carbons (Fsp3) is 0.375. The molecule has 3 rings (SSSR count). The van der Waals surface area contributed by atoms with Crippen molar-refractivity contribution in [1.82, 2.24) is 20.5 Å². The monoisotopic (exact) mass is 297 g/mol. The molecule has 2 heterocycles. The Hall–Kier alpha value is -2.50. The molecule has 1 aromatic carbocycles. The lowest BCUT2D eigenvalue weighted by atomic mass is 9.94. The standard InChI is InChI=1S/C16H19N5O/c1-10-11(2)19-20-16(18-10)21-9-13-7-5-4-6-12(13)8-14(21)15(22)17-3/h4-7,14H,8-9H2,1-3H3,(H,17,22)/t14-/m0/s1. The van der Waals surface area contributed by atoms with E-state index < -0.39 is 0 Å². The van der Waals surface area contributed by atoms with Crippen LogP contribution in [-0.2, 0) is 17.8 Å². The van der Waals surface area contributed by atoms with Crippen LogP contribution in [0.4, 0.5) is 5.95 Å². The number of likely N-dealkylation sites (N-methyl/N-ethyl adjacent to an activating group) is 1. The molecule has 114 valence electrons. The van der Waals surface area contributed by atoms with Crippen LogP contribution in [0.2, 0.25) is 0 Å². The van der Waals surface area contributed by atoms with E-state index in [0.717, 1.165) is 11.4 Å². The lowest BCUT2D eigenvalue weighted by Crippen LogP contribution is -2.50. The molecular formula is C16H19N5O. The number of carbonyl (C=O) groups is 1. The topological polar surface area (TPSA) is 71.0 Å². The predicted molar refractivity (Wildman–Crippen MR) is 83.5 cm³/mol. The van der Waals surface area contributed by atoms with Crippen LogP contribution in [0.5, 0.6) is 0 Å². The number of amides is 1. The highest BCUT2D eigenvalue weighted by Crippen LogP contribution is 2.26. The lowest BCUT2D eigenvalue weighted by Gasteiger charge is -2.35. The molecule has 0 unspecified atom stereocenters. The first kappa shape index (κ1) is 14.4. The molecule has 1 aromatic heterocycles. The van der Waals surface area contributed by atoms with Crippen molar-refractivity contribution in [2.75, 3.05) is 11.9 Å². The van der Waals surface area contributed by atoms with Crippen molar-refractivity contribution in [1.29, 1.82) is 0 Å². The number of hydrogen-bond acceptors (Lipinski definition) is 5. The number of aryl methyl sites for hydroxylation is 2. The largest absolute Gasteiger partial charge is 0.357 e. The summed E-state index contributed by atoms with van der Waals surface area (Å²) in [5, 5.41) is 11.1. The van der Waals surface area contributed by atoms with Gasteiger partial charge in [0.1, 0.15) is 6.04 Å². The first-order chi connectivity index (χ1) is 10.6. The van der Waals surface area contributed by atoms with Crippen LogP contribution in [0.25, 0.3) is 0 Å². The van der Waals surface area contributed by atoms with Gasteiger partial charge in [-0.15, -0.1) is 5.10 Å². The molecule has 1 aliphatic heterocycles. The molecule has 0 spiro atoms. The Morgan fingerprint density at radius 2 is 1.91 bits per heavy atom. The van der Waals surface area contributed by atoms with Gasteiger partial charge in [0.2, 0.25) is 11.9 Å². The number of fused-ring (bicyclic) bond motifs is 1. The average Bonchev–Trinajstić information content (AvgIpc) is 2.55. The number of rotatable bonds is 2. The molecule has 1 aliphatic rings. The summed E-state index contributed by atoms with van der Waals surface area (Å²) in [5.74, 6) is 0.475. The molecule has 1 amide bonds. The van der Waals surface area contributed by atoms with Gasteiger partial charge in [-0.3, -0.25) is 4.79 Å². The fourth-order valence-electron chi connectivity index (χ4n) is 2.70. The summed E-state index contributed by atoms with van der Waals surface area (Å²) < 4.78 is 0. The maximum Gasteiger partial charge on any atom is 0.246 e. The van der Waals surface area contributed by atoms with Crippen LogP contribution in [0.1, 0.15) is 22.5 Å². The average molecular weight is 297 g/mol. The molecule has 22 heavy (non-hydrogen) atoms. The zero-order valence-corrected chi connectivity index (χ0v) is 13.0. The van der Waals surface area contributed by atoms with E-state index in [-0.39, 0.29) is 11.9 Å². The van der Waals surface area contributed by atoms with E-state index in [1.165, 1.54) is 11.1 Å². The maximum atomic E-state index is 12.3. The number of hydrogen-bond donors (Lipinski definition) is 1. The Kier molecular flexibility index (Phi) is 3.75. The van der Waals surface area contributed by atoms with Gasteiger partial charge >= 0.3 is 0 Å². The minimum Gasteiger partial charge on any atom is -0.357 e. The minimum atomic E-state index is -0.316. The second-order valence-corrected chi connectivity index (χ2v) is 5.51. The Morgan fingerprint density at radius 3 is 2.59 bits per heavy atom. The van der Waals surface area contributed by atoms with Crippen LogP contribution in [0, 0.1) is 13.8 Å². The number of anilines is 1. The number of carbonyl (C=O) groups excluding carboxylic acids is 1. The van der Waals surface area contributed by atoms with Gasteiger partial charge in [-0.05, 0) is 25.0 Å². The highest BCUT2D eigenvalue weighted by atomic mass is 16.2. The molecule has 6 heteroatoms. The van der Waals surface area contributed by atoms with E-state index in [4.69, 9.17) is 0 Å². The van der Waals surface area contributed by atoms with Crippen LogP contribution in [0.3, 0.4) is 0 Å². The van der Waals surface area contributed by atoms with Gasteiger partial charge in [0.15, 0.2) is 0 Å². The Bertz CT molecular complexity index is 715. The first-order valence-electron chi connectivity index (χ1n) is 7.33. The normalized spacial score (nSPS) is 17.0. The second-order valence-electron chi connectivity index (χ2n) is 5.51. The van der Waals surface area contributed by atoms with Gasteiger partial charge in [0, 0.05) is 20.0 Å². The quantitative estimate of drug-likeness (QED) is 0.901. The van der Waals surface area contributed by atoms with Crippen molar-refractivity contribution in [3.63, 3.8) is 0 Å². The molecule has 0 bridgehead atoms. The van der Waals surface area contributed by atoms with Crippen molar-refractivity contribution in [2.45, 2.75) is 32.9 Å². The van der Waals surface area contributed by atoms with Crippen LogP contribution in [0.15, 0.2) is 24.3 Å². The summed E-state index contributed by atoms with van der Waals surface area (Å²) in [6.45, 7) is 4.39. The van der Waals surface area contributed by atoms with E-state index in [9.17, 15) is 4.79 Å². The van der Waals surface area contributed by atoms with Gasteiger partial charge in [0.05, 0.1) is 11.4 Å². The third-order valence-corrected chi connectivity index (χ3v) is 4.14. The number of nitrogens with one attached hydrogen (secondary N) is 1. The van der Waals surface area contributed by atoms with E-state index in [2.05, 4.69) is 32.6 Å². The van der Waals surface area contributed by atoms with Crippen molar-refractivity contribution >= 4 is 11.9 Å². The van der Waals surface area contributed by atoms with Gasteiger partial charge in [0.25, 0.3) is 0 Å². The van der Waals surface area contributed by atoms with E-state index in [1.54, 1.807) is 7.05 Å². The van der Waals surface area contributed by atoms with Gasteiger partial charge < -0.3 is 10.2 Å². The van der Waals surface area contributed by atoms with E-state index in [1.807, 2.05) is 30.9 Å². The van der Waals surface area contributed by atoms with Crippen molar-refractivity contribution in [3.8, 4) is 0 Å². The fourth-order valence-corrected chi connectivity index (χ4v) is 2.70. The Morgan fingerprint density at radius 1 is 1.18 bits per heavy atom. The maximum absolute atomic E-state index is 12.3. The molecule has 2 aromatic rings. The number of benzene rings is 1. The zero-order valence-electron chi connectivity index (χ0n) is 13.0. The summed E-state index contributed by atoms with van der Waals surface area (Å²) >= 11 is 0. The highest BCUT2D eigenvalue weighted by Gasteiger charge is 2.32. The van der Waals surface area contributed by atoms with Gasteiger partial charge in [-0.2, -0.15) is 5.10 Å². The molecule has 0 aliphatic carbocycles. The predicted octanol–water partition coefficient (Wildman–Crippen LogP) is 1.17. The van der Waals surface area contributed by atoms with Crippen LogP contribution in [-0.4, -0.2) is 34.2 Å². The smallest absolute Gasteiger partial charge is 0.246 e. The lowest BCUT2D eigenvalue weighted by molar-refractivity contribution is -0.122. The molecule has 0 saturated heterocycles. The molecule has 0 saturated carbocycles. The summed E-state index contributed by atoms with van der Waals surface area (Å²) in [4.78, 5) is 18.7. The second kappa shape index (κ2) is 5.71. The minimum absolute atomic E-state index is 0.0312. The van der Waals surface area contributed by atoms with E-state index >= 15 is 0 Å². The summed E-state index contributed by atoms with van der Waals surface area (Å²) in [6, 6.07) is 7.85. The Labute approximate surface area is 129 Å². The summed E-state index contributed by atoms with van der Waals surface area (Å²) in [5.41, 5.74) is 4.03. The van der Waals surface area contributed by atoms with Crippen molar-refractivity contribution < 1.29 is 4.79 Å². The van der Waals surface area contributed by atoms with Crippen molar-refractivity contribution in [2.24, 2.45) is 0 Å². The summed E-state index contributed by atoms with van der Waals surface area (Å²) in [7, 11) is 1.65. The summed E-state index contributed by atoms with van der Waals surface area (Å²) in [6.07, 6.45) is 0.645. The number of nitrogens with zero attached hydrogens (tertiary/aromatic N) is 4. The molecule has 1 N–H and O–H groups in total. The molecule has 0 fully saturated rings. The van der Waals surface area contributed by atoms with Crippen LogP contribution < -0.4 is 10.2 Å². The molecule has 6 nitrogen and oxygen atoms in total. The molecule has 0 radical (unpaired) electrons. The van der Waals surface area contributed by atoms with Crippen LogP contribution >= 0.6 is 0 Å².